The van der Waals surface area contributed by atoms with E-state index in [2.05, 4.69) is 16.0 Å². The molecule has 0 radical (unpaired) electrons. The lowest BCUT2D eigenvalue weighted by Gasteiger charge is -2.14. The zero-order valence-electron chi connectivity index (χ0n) is 14.7. The summed E-state index contributed by atoms with van der Waals surface area (Å²) in [5, 5.41) is 17.4. The zero-order valence-corrected chi connectivity index (χ0v) is 14.7. The number of nitrogens with one attached hydrogen (secondary N) is 3. The summed E-state index contributed by atoms with van der Waals surface area (Å²) in [6.07, 6.45) is 0.989. The van der Waals surface area contributed by atoms with Gasteiger partial charge >= 0.3 is 0 Å². The van der Waals surface area contributed by atoms with E-state index in [1.165, 1.54) is 0 Å². The third-order valence-corrected chi connectivity index (χ3v) is 4.38. The normalized spacial score (nSPS) is 15.9. The first-order valence-electron chi connectivity index (χ1n) is 8.78. The molecular formula is C20H21N3O4. The predicted octanol–water partition coefficient (Wildman–Crippen LogP) is 1.58. The van der Waals surface area contributed by atoms with Crippen molar-refractivity contribution in [1.82, 2.24) is 10.6 Å². The number of para-hydroxylation sites is 1. The Kier molecular flexibility index (Phi) is 5.71. The smallest absolute Gasteiger partial charge is 0.254 e. The van der Waals surface area contributed by atoms with E-state index in [9.17, 15) is 19.5 Å². The number of phenolic OH excluding ortho intramolecular Hbond substituents is 1. The van der Waals surface area contributed by atoms with E-state index in [0.29, 0.717) is 24.2 Å². The Bertz CT molecular complexity index is 849. The topological polar surface area (TPSA) is 108 Å². The average molecular weight is 367 g/mol. The van der Waals surface area contributed by atoms with Crippen molar-refractivity contribution in [2.45, 2.75) is 25.3 Å². The van der Waals surface area contributed by atoms with E-state index in [0.717, 1.165) is 5.56 Å². The average Bonchev–Trinajstić information content (AvgIpc) is 2.78. The molecule has 140 valence electrons. The van der Waals surface area contributed by atoms with Crippen LogP contribution in [0.25, 0.3) is 0 Å². The van der Waals surface area contributed by atoms with E-state index in [1.54, 1.807) is 48.5 Å². The van der Waals surface area contributed by atoms with Gasteiger partial charge in [-0.1, -0.05) is 24.3 Å². The number of hydrogen-bond donors (Lipinski definition) is 4. The summed E-state index contributed by atoms with van der Waals surface area (Å²) >= 11 is 0. The van der Waals surface area contributed by atoms with Gasteiger partial charge in [-0.25, -0.2) is 0 Å². The van der Waals surface area contributed by atoms with Crippen molar-refractivity contribution in [3.8, 4) is 5.75 Å². The molecule has 1 unspecified atom stereocenters. The first-order valence-corrected chi connectivity index (χ1v) is 8.78. The Hall–Kier alpha value is -3.35. The molecule has 0 saturated heterocycles. The summed E-state index contributed by atoms with van der Waals surface area (Å²) in [5.41, 5.74) is 1.88. The van der Waals surface area contributed by atoms with Gasteiger partial charge in [0.05, 0.1) is 11.3 Å². The molecule has 27 heavy (non-hydrogen) atoms. The van der Waals surface area contributed by atoms with Crippen LogP contribution in [0.15, 0.2) is 48.5 Å². The molecule has 0 fully saturated rings. The summed E-state index contributed by atoms with van der Waals surface area (Å²) in [5.74, 6) is -0.641. The van der Waals surface area contributed by atoms with Gasteiger partial charge in [0.2, 0.25) is 11.8 Å². The molecule has 3 amide bonds. The van der Waals surface area contributed by atoms with Crippen molar-refractivity contribution < 1.29 is 19.5 Å². The van der Waals surface area contributed by atoms with Gasteiger partial charge in [-0.15, -0.1) is 0 Å². The second kappa shape index (κ2) is 8.35. The van der Waals surface area contributed by atoms with E-state index in [4.69, 9.17) is 0 Å². The fourth-order valence-electron chi connectivity index (χ4n) is 2.89. The molecule has 3 rings (SSSR count). The Labute approximate surface area is 156 Å². The molecule has 1 aliphatic heterocycles. The molecule has 0 spiro atoms. The van der Waals surface area contributed by atoms with Crippen LogP contribution < -0.4 is 16.0 Å². The van der Waals surface area contributed by atoms with Gasteiger partial charge in [0, 0.05) is 13.0 Å². The van der Waals surface area contributed by atoms with Crippen LogP contribution in [0.4, 0.5) is 5.69 Å². The highest BCUT2D eigenvalue weighted by atomic mass is 16.3. The number of hydrogen-bond acceptors (Lipinski definition) is 4. The Morgan fingerprint density at radius 3 is 2.59 bits per heavy atom. The summed E-state index contributed by atoms with van der Waals surface area (Å²) in [6.45, 7) is 0.457. The minimum absolute atomic E-state index is 0.129. The Morgan fingerprint density at radius 2 is 1.81 bits per heavy atom. The number of anilines is 1. The van der Waals surface area contributed by atoms with Crippen LogP contribution in [0.3, 0.4) is 0 Å². The zero-order chi connectivity index (χ0) is 19.2. The van der Waals surface area contributed by atoms with Crippen molar-refractivity contribution in [1.29, 1.82) is 0 Å². The highest BCUT2D eigenvalue weighted by Crippen LogP contribution is 2.19. The lowest BCUT2D eigenvalue weighted by atomic mass is 10.1. The maximum Gasteiger partial charge on any atom is 0.254 e. The van der Waals surface area contributed by atoms with Crippen molar-refractivity contribution >= 4 is 23.4 Å². The maximum absolute atomic E-state index is 12.3. The molecule has 7 nitrogen and oxygen atoms in total. The standard InChI is InChI=1S/C20H21N3O4/c24-14-7-5-13(6-8-14)11-12-21-18(25)10-9-17-20(27)22-16-4-2-1-3-15(16)19(26)23-17/h1-8,17,24H,9-12H2,(H,21,25)(H,22,27)(H,23,26). The lowest BCUT2D eigenvalue weighted by molar-refractivity contribution is -0.121. The van der Waals surface area contributed by atoms with Crippen LogP contribution in [0.1, 0.15) is 28.8 Å². The number of rotatable bonds is 6. The molecular weight excluding hydrogens is 346 g/mol. The summed E-state index contributed by atoms with van der Waals surface area (Å²) in [4.78, 5) is 36.5. The second-order valence-corrected chi connectivity index (χ2v) is 6.37. The summed E-state index contributed by atoms with van der Waals surface area (Å²) in [7, 11) is 0. The molecule has 7 heteroatoms. The predicted molar refractivity (Wildman–Crippen MR) is 100 cm³/mol. The number of aromatic hydroxyl groups is 1. The highest BCUT2D eigenvalue weighted by molar-refractivity contribution is 6.09. The molecule has 1 heterocycles. The lowest BCUT2D eigenvalue weighted by Crippen LogP contribution is -2.42. The van der Waals surface area contributed by atoms with E-state index in [1.807, 2.05) is 0 Å². The third-order valence-electron chi connectivity index (χ3n) is 4.38. The number of carbonyl (C=O) groups excluding carboxylic acids is 3. The first-order chi connectivity index (χ1) is 13.0. The molecule has 0 bridgehead atoms. The molecule has 0 aliphatic carbocycles. The van der Waals surface area contributed by atoms with E-state index >= 15 is 0 Å². The van der Waals surface area contributed by atoms with Crippen LogP contribution >= 0.6 is 0 Å². The first kappa shape index (κ1) is 18.4. The number of benzene rings is 2. The summed E-state index contributed by atoms with van der Waals surface area (Å²) in [6, 6.07) is 12.8. The minimum Gasteiger partial charge on any atom is -0.508 e. The fraction of sp³-hybridized carbons (Fsp3) is 0.250. The molecule has 1 atom stereocenters. The maximum atomic E-state index is 12.3. The van der Waals surface area contributed by atoms with Gasteiger partial charge in [0.15, 0.2) is 0 Å². The van der Waals surface area contributed by atoms with Gasteiger partial charge < -0.3 is 21.1 Å². The molecule has 0 saturated carbocycles. The van der Waals surface area contributed by atoms with Crippen LogP contribution in [0.5, 0.6) is 5.75 Å². The fourth-order valence-corrected chi connectivity index (χ4v) is 2.89. The monoisotopic (exact) mass is 367 g/mol. The van der Waals surface area contributed by atoms with Crippen molar-refractivity contribution in [3.63, 3.8) is 0 Å². The van der Waals surface area contributed by atoms with Crippen LogP contribution in [0.2, 0.25) is 0 Å². The molecule has 2 aromatic carbocycles. The number of carbonyl (C=O) groups is 3. The van der Waals surface area contributed by atoms with Gasteiger partial charge in [0.1, 0.15) is 11.8 Å². The van der Waals surface area contributed by atoms with Crippen LogP contribution in [-0.2, 0) is 16.0 Å². The number of fused-ring (bicyclic) bond motifs is 1. The van der Waals surface area contributed by atoms with Crippen molar-refractivity contribution in [2.75, 3.05) is 11.9 Å². The van der Waals surface area contributed by atoms with E-state index < -0.39 is 6.04 Å². The van der Waals surface area contributed by atoms with Gasteiger partial charge in [0.25, 0.3) is 5.91 Å². The Morgan fingerprint density at radius 1 is 1.07 bits per heavy atom. The van der Waals surface area contributed by atoms with Gasteiger partial charge in [-0.3, -0.25) is 14.4 Å². The Balaban J connectivity index is 1.46. The SMILES string of the molecule is O=C(CCC1NC(=O)c2ccccc2NC1=O)NCCc1ccc(O)cc1. The second-order valence-electron chi connectivity index (χ2n) is 6.37. The van der Waals surface area contributed by atoms with Crippen LogP contribution in [-0.4, -0.2) is 35.4 Å². The minimum atomic E-state index is -0.757. The van der Waals surface area contributed by atoms with Gasteiger partial charge in [-0.2, -0.15) is 0 Å². The largest absolute Gasteiger partial charge is 0.508 e. The quantitative estimate of drug-likeness (QED) is 0.622. The molecule has 2 aromatic rings. The van der Waals surface area contributed by atoms with E-state index in [-0.39, 0.29) is 36.3 Å². The van der Waals surface area contributed by atoms with Gasteiger partial charge in [-0.05, 0) is 42.7 Å². The third kappa shape index (κ3) is 4.84. The number of amides is 3. The molecule has 1 aliphatic rings. The highest BCUT2D eigenvalue weighted by Gasteiger charge is 2.27. The van der Waals surface area contributed by atoms with Crippen molar-refractivity contribution in [3.05, 3.63) is 59.7 Å². The van der Waals surface area contributed by atoms with Crippen LogP contribution in [0, 0.1) is 0 Å². The molecule has 4 N–H and O–H groups in total. The summed E-state index contributed by atoms with van der Waals surface area (Å²) < 4.78 is 0. The molecule has 0 aromatic heterocycles. The number of phenols is 1. The van der Waals surface area contributed by atoms with Crippen molar-refractivity contribution in [2.24, 2.45) is 0 Å².